The topological polar surface area (TPSA) is 66.4 Å². The number of carbonyl (C=O) groups excluding carboxylic acids is 1. The van der Waals surface area contributed by atoms with Crippen LogP contribution in [0.2, 0.25) is 0 Å². The number of carboxylic acids is 1. The lowest BCUT2D eigenvalue weighted by atomic mass is 9.59. The molecule has 4 heteroatoms. The molecule has 4 nitrogen and oxygen atoms in total. The van der Waals surface area contributed by atoms with Gasteiger partial charge in [-0.15, -0.1) is 0 Å². The van der Waals surface area contributed by atoms with E-state index in [0.29, 0.717) is 0 Å². The van der Waals surface area contributed by atoms with Crippen LogP contribution >= 0.6 is 0 Å². The minimum atomic E-state index is -0.917. The van der Waals surface area contributed by atoms with Crippen LogP contribution in [-0.4, -0.2) is 23.0 Å². The quantitative estimate of drug-likeness (QED) is 0.680. The van der Waals surface area contributed by atoms with E-state index in [9.17, 15) is 9.59 Å². The predicted molar refractivity (Wildman–Crippen MR) is 54.2 cm³/mol. The molecule has 1 aliphatic heterocycles. The third-order valence-corrected chi connectivity index (χ3v) is 4.78. The average Bonchev–Trinajstić information content (AvgIpc) is 2.28. The van der Waals surface area contributed by atoms with Crippen LogP contribution in [0.3, 0.4) is 0 Å². The van der Waals surface area contributed by atoms with Crippen molar-refractivity contribution in [3.8, 4) is 0 Å². The van der Waals surface area contributed by atoms with Gasteiger partial charge in [-0.3, -0.25) is 4.79 Å². The van der Waals surface area contributed by atoms with E-state index in [0.717, 1.165) is 12.8 Å². The van der Waals surface area contributed by atoms with Crippen molar-refractivity contribution in [3.63, 3.8) is 0 Å². The normalized spacial score (nSPS) is 42.5. The van der Waals surface area contributed by atoms with Gasteiger partial charge in [0, 0.05) is 11.3 Å². The highest BCUT2D eigenvalue weighted by molar-refractivity contribution is 5.89. The maximum atomic E-state index is 11.8. The molecule has 84 valence electrons. The SMILES string of the molecule is CC1(C)[C@H]2CC[C@@]1(C)[C@@H](C(=O)O)NC2=O. The lowest BCUT2D eigenvalue weighted by Gasteiger charge is -2.48. The molecule has 15 heavy (non-hydrogen) atoms. The Morgan fingerprint density at radius 1 is 1.47 bits per heavy atom. The Kier molecular flexibility index (Phi) is 1.91. The number of amides is 1. The van der Waals surface area contributed by atoms with Crippen molar-refractivity contribution in [2.75, 3.05) is 0 Å². The molecule has 0 aromatic rings. The van der Waals surface area contributed by atoms with Crippen LogP contribution in [0.5, 0.6) is 0 Å². The Hall–Kier alpha value is -1.06. The number of carboxylic acid groups (broad SMARTS) is 1. The number of piperidine rings is 1. The zero-order chi connectivity index (χ0) is 11.4. The molecule has 2 bridgehead atoms. The van der Waals surface area contributed by atoms with E-state index in [1.165, 1.54) is 0 Å². The number of rotatable bonds is 1. The first-order valence-electron chi connectivity index (χ1n) is 5.34. The Balaban J connectivity index is 2.48. The van der Waals surface area contributed by atoms with Gasteiger partial charge in [0.15, 0.2) is 0 Å². The second-order valence-corrected chi connectivity index (χ2v) is 5.51. The van der Waals surface area contributed by atoms with Crippen molar-refractivity contribution in [2.45, 2.75) is 39.7 Å². The van der Waals surface area contributed by atoms with Crippen molar-refractivity contribution < 1.29 is 14.7 Å². The summed E-state index contributed by atoms with van der Waals surface area (Å²) in [6.07, 6.45) is 1.61. The summed E-state index contributed by atoms with van der Waals surface area (Å²) in [4.78, 5) is 22.9. The second kappa shape index (κ2) is 2.74. The maximum Gasteiger partial charge on any atom is 0.326 e. The molecule has 2 N–H and O–H groups in total. The molecule has 0 unspecified atom stereocenters. The van der Waals surface area contributed by atoms with E-state index in [4.69, 9.17) is 5.11 Å². The molecular weight excluding hydrogens is 194 g/mol. The standard InChI is InChI=1S/C11H17NO3/c1-10(2)6-4-5-11(10,3)7(9(14)15)12-8(6)13/h6-7H,4-5H2,1-3H3,(H,12,13)(H,14,15)/t6-,7+,11-/m0/s1. The first-order valence-corrected chi connectivity index (χ1v) is 5.34. The van der Waals surface area contributed by atoms with Crippen LogP contribution in [0, 0.1) is 16.7 Å². The lowest BCUT2D eigenvalue weighted by molar-refractivity contribution is -0.155. The van der Waals surface area contributed by atoms with Gasteiger partial charge in [0.05, 0.1) is 0 Å². The number of carbonyl (C=O) groups is 2. The molecule has 0 spiro atoms. The minimum absolute atomic E-state index is 0.0295. The highest BCUT2D eigenvalue weighted by atomic mass is 16.4. The molecule has 2 rings (SSSR count). The molecule has 3 atom stereocenters. The summed E-state index contributed by atoms with van der Waals surface area (Å²) in [6, 6.07) is -0.737. The fraction of sp³-hybridized carbons (Fsp3) is 0.818. The largest absolute Gasteiger partial charge is 0.480 e. The van der Waals surface area contributed by atoms with Crippen molar-refractivity contribution in [3.05, 3.63) is 0 Å². The number of nitrogens with one attached hydrogen (secondary N) is 1. The summed E-state index contributed by atoms with van der Waals surface area (Å²) >= 11 is 0. The number of fused-ring (bicyclic) bond motifs is 2. The summed E-state index contributed by atoms with van der Waals surface area (Å²) in [5.74, 6) is -1.04. The summed E-state index contributed by atoms with van der Waals surface area (Å²) < 4.78 is 0. The molecule has 1 aliphatic carbocycles. The van der Waals surface area contributed by atoms with E-state index < -0.39 is 12.0 Å². The maximum absolute atomic E-state index is 11.8. The van der Waals surface area contributed by atoms with Crippen LogP contribution < -0.4 is 5.32 Å². The van der Waals surface area contributed by atoms with Gasteiger partial charge in [-0.25, -0.2) is 4.79 Å². The van der Waals surface area contributed by atoms with Crippen molar-refractivity contribution in [1.82, 2.24) is 5.32 Å². The van der Waals surface area contributed by atoms with E-state index in [-0.39, 0.29) is 22.7 Å². The van der Waals surface area contributed by atoms with Gasteiger partial charge < -0.3 is 10.4 Å². The fourth-order valence-corrected chi connectivity index (χ4v) is 3.24. The second-order valence-electron chi connectivity index (χ2n) is 5.51. The van der Waals surface area contributed by atoms with Crippen LogP contribution in [0.4, 0.5) is 0 Å². The summed E-state index contributed by atoms with van der Waals surface area (Å²) in [5, 5.41) is 11.8. The van der Waals surface area contributed by atoms with Gasteiger partial charge in [-0.2, -0.15) is 0 Å². The molecule has 1 saturated carbocycles. The molecule has 0 radical (unpaired) electrons. The predicted octanol–water partition coefficient (Wildman–Crippen LogP) is 1.01. The highest BCUT2D eigenvalue weighted by Gasteiger charge is 2.63. The van der Waals surface area contributed by atoms with Crippen molar-refractivity contribution in [1.29, 1.82) is 0 Å². The van der Waals surface area contributed by atoms with E-state index in [1.54, 1.807) is 0 Å². The third-order valence-electron chi connectivity index (χ3n) is 4.78. The van der Waals surface area contributed by atoms with Crippen LogP contribution in [0.25, 0.3) is 0 Å². The van der Waals surface area contributed by atoms with Crippen LogP contribution in [0.15, 0.2) is 0 Å². The van der Waals surface area contributed by atoms with Gasteiger partial charge in [0.25, 0.3) is 0 Å². The van der Waals surface area contributed by atoms with E-state index in [1.807, 2.05) is 20.8 Å². The van der Waals surface area contributed by atoms with Crippen LogP contribution in [-0.2, 0) is 9.59 Å². The first kappa shape index (κ1) is 10.5. The smallest absolute Gasteiger partial charge is 0.326 e. The number of hydrogen-bond acceptors (Lipinski definition) is 2. The molecule has 2 fully saturated rings. The van der Waals surface area contributed by atoms with Crippen molar-refractivity contribution >= 4 is 11.9 Å². The summed E-state index contributed by atoms with van der Waals surface area (Å²) in [5.41, 5.74) is -0.546. The molecule has 0 aromatic carbocycles. The molecular formula is C11H17NO3. The van der Waals surface area contributed by atoms with Crippen molar-refractivity contribution in [2.24, 2.45) is 16.7 Å². The summed E-state index contributed by atoms with van der Waals surface area (Å²) in [7, 11) is 0. The Morgan fingerprint density at radius 2 is 2.07 bits per heavy atom. The zero-order valence-electron chi connectivity index (χ0n) is 9.33. The monoisotopic (exact) mass is 211 g/mol. The molecule has 1 amide bonds. The van der Waals surface area contributed by atoms with Crippen LogP contribution in [0.1, 0.15) is 33.6 Å². The first-order chi connectivity index (χ1) is 6.80. The molecule has 2 aliphatic rings. The molecule has 1 saturated heterocycles. The van der Waals surface area contributed by atoms with Gasteiger partial charge in [-0.05, 0) is 18.3 Å². The Labute approximate surface area is 89.0 Å². The number of aliphatic carboxylic acids is 1. The van der Waals surface area contributed by atoms with E-state index in [2.05, 4.69) is 5.32 Å². The Bertz CT molecular complexity index is 337. The minimum Gasteiger partial charge on any atom is -0.480 e. The molecule has 1 heterocycles. The van der Waals surface area contributed by atoms with Gasteiger partial charge in [-0.1, -0.05) is 20.8 Å². The fourth-order valence-electron chi connectivity index (χ4n) is 3.24. The average molecular weight is 211 g/mol. The Morgan fingerprint density at radius 3 is 2.60 bits per heavy atom. The van der Waals surface area contributed by atoms with Gasteiger partial charge in [0.1, 0.15) is 6.04 Å². The van der Waals surface area contributed by atoms with E-state index >= 15 is 0 Å². The molecule has 0 aromatic heterocycles. The number of hydrogen-bond donors (Lipinski definition) is 2. The zero-order valence-corrected chi connectivity index (χ0v) is 9.33. The lowest BCUT2D eigenvalue weighted by Crippen LogP contribution is -2.62. The highest BCUT2D eigenvalue weighted by Crippen LogP contribution is 2.59. The summed E-state index contributed by atoms with van der Waals surface area (Å²) in [6.45, 7) is 6.00. The third kappa shape index (κ3) is 1.08. The van der Waals surface area contributed by atoms with Gasteiger partial charge >= 0.3 is 5.97 Å². The van der Waals surface area contributed by atoms with Gasteiger partial charge in [0.2, 0.25) is 5.91 Å².